The van der Waals surface area contributed by atoms with Crippen LogP contribution in [-0.2, 0) is 13.5 Å². The number of nitrogens with zero attached hydrogens (tertiary/aromatic N) is 2. The highest BCUT2D eigenvalue weighted by molar-refractivity contribution is 14.1. The Bertz CT molecular complexity index is 563. The molecule has 0 aliphatic carbocycles. The Balaban J connectivity index is 2.68. The molecule has 17 heavy (non-hydrogen) atoms. The van der Waals surface area contributed by atoms with Gasteiger partial charge in [-0.1, -0.05) is 18.5 Å². The standard InChI is InChI=1S/C12H13ClIN3/c1-3-8-11(16-17(2)12(8)15)9-6-7(13)4-5-10(9)14/h4-6H,3,15H2,1-2H3. The molecular weight excluding hydrogens is 349 g/mol. The molecule has 1 aromatic heterocycles. The number of aryl methyl sites for hydroxylation is 1. The second kappa shape index (κ2) is 4.86. The highest BCUT2D eigenvalue weighted by Crippen LogP contribution is 2.32. The van der Waals surface area contributed by atoms with E-state index in [1.54, 1.807) is 4.68 Å². The first-order valence-electron chi connectivity index (χ1n) is 5.31. The first-order valence-corrected chi connectivity index (χ1v) is 6.77. The van der Waals surface area contributed by atoms with Crippen LogP contribution in [0.25, 0.3) is 11.3 Å². The van der Waals surface area contributed by atoms with Crippen LogP contribution in [-0.4, -0.2) is 9.78 Å². The van der Waals surface area contributed by atoms with Gasteiger partial charge < -0.3 is 5.73 Å². The Kier molecular flexibility index (Phi) is 3.63. The fraction of sp³-hybridized carbons (Fsp3) is 0.250. The molecule has 0 aliphatic rings. The van der Waals surface area contributed by atoms with Crippen molar-refractivity contribution in [3.05, 3.63) is 32.4 Å². The largest absolute Gasteiger partial charge is 0.384 e. The topological polar surface area (TPSA) is 43.8 Å². The molecule has 1 heterocycles. The molecule has 0 spiro atoms. The van der Waals surface area contributed by atoms with E-state index < -0.39 is 0 Å². The molecule has 0 atom stereocenters. The van der Waals surface area contributed by atoms with E-state index in [-0.39, 0.29) is 0 Å². The number of anilines is 1. The molecule has 0 aliphatic heterocycles. The van der Waals surface area contributed by atoms with Crippen molar-refractivity contribution in [1.82, 2.24) is 9.78 Å². The average molecular weight is 362 g/mol. The van der Waals surface area contributed by atoms with Crippen LogP contribution in [0.2, 0.25) is 5.02 Å². The second-order valence-corrected chi connectivity index (χ2v) is 5.41. The zero-order valence-electron chi connectivity index (χ0n) is 9.67. The van der Waals surface area contributed by atoms with Gasteiger partial charge in [0, 0.05) is 26.8 Å². The van der Waals surface area contributed by atoms with Crippen LogP contribution in [0.5, 0.6) is 0 Å². The van der Waals surface area contributed by atoms with Crippen LogP contribution in [0.1, 0.15) is 12.5 Å². The molecule has 90 valence electrons. The van der Waals surface area contributed by atoms with Crippen LogP contribution in [0.15, 0.2) is 18.2 Å². The average Bonchev–Trinajstić information content (AvgIpc) is 2.58. The quantitative estimate of drug-likeness (QED) is 0.832. The van der Waals surface area contributed by atoms with Crippen LogP contribution >= 0.6 is 34.2 Å². The number of aromatic nitrogens is 2. The molecule has 2 aromatic rings. The lowest BCUT2D eigenvalue weighted by Crippen LogP contribution is -1.98. The summed E-state index contributed by atoms with van der Waals surface area (Å²) in [4.78, 5) is 0. The van der Waals surface area contributed by atoms with E-state index in [2.05, 4.69) is 34.6 Å². The maximum Gasteiger partial charge on any atom is 0.125 e. The molecule has 2 N–H and O–H groups in total. The summed E-state index contributed by atoms with van der Waals surface area (Å²) in [5.74, 6) is 0.721. The van der Waals surface area contributed by atoms with E-state index in [9.17, 15) is 0 Å². The first-order chi connectivity index (χ1) is 8.04. The van der Waals surface area contributed by atoms with Gasteiger partial charge in [0.15, 0.2) is 0 Å². The monoisotopic (exact) mass is 361 g/mol. The van der Waals surface area contributed by atoms with Crippen molar-refractivity contribution in [2.24, 2.45) is 7.05 Å². The third-order valence-electron chi connectivity index (χ3n) is 2.73. The zero-order valence-corrected chi connectivity index (χ0v) is 12.6. The number of rotatable bonds is 2. The van der Waals surface area contributed by atoms with Crippen LogP contribution in [0, 0.1) is 3.57 Å². The van der Waals surface area contributed by atoms with Crippen molar-refractivity contribution >= 4 is 40.0 Å². The highest BCUT2D eigenvalue weighted by Gasteiger charge is 2.16. The minimum absolute atomic E-state index is 0.715. The lowest BCUT2D eigenvalue weighted by Gasteiger charge is -2.04. The van der Waals surface area contributed by atoms with E-state index in [0.29, 0.717) is 5.02 Å². The summed E-state index contributed by atoms with van der Waals surface area (Å²) in [6.45, 7) is 2.08. The van der Waals surface area contributed by atoms with E-state index >= 15 is 0 Å². The van der Waals surface area contributed by atoms with E-state index in [1.807, 2.05) is 25.2 Å². The van der Waals surface area contributed by atoms with Gasteiger partial charge in [-0.25, -0.2) is 0 Å². The Labute approximate surface area is 119 Å². The number of halogens is 2. The maximum absolute atomic E-state index is 6.04. The molecular formula is C12H13ClIN3. The number of nitrogen functional groups attached to an aromatic ring is 1. The normalized spacial score (nSPS) is 10.8. The van der Waals surface area contributed by atoms with Gasteiger partial charge in [-0.05, 0) is 47.2 Å². The maximum atomic E-state index is 6.04. The van der Waals surface area contributed by atoms with Crippen molar-refractivity contribution in [2.75, 3.05) is 5.73 Å². The summed E-state index contributed by atoms with van der Waals surface area (Å²) < 4.78 is 2.84. The highest BCUT2D eigenvalue weighted by atomic mass is 127. The molecule has 0 saturated heterocycles. The zero-order chi connectivity index (χ0) is 12.6. The lowest BCUT2D eigenvalue weighted by molar-refractivity contribution is 0.781. The smallest absolute Gasteiger partial charge is 0.125 e. The van der Waals surface area contributed by atoms with Crippen LogP contribution in [0.4, 0.5) is 5.82 Å². The Hall–Kier alpha value is -0.750. The molecule has 5 heteroatoms. The summed E-state index contributed by atoms with van der Waals surface area (Å²) in [6.07, 6.45) is 0.859. The summed E-state index contributed by atoms with van der Waals surface area (Å²) in [5, 5.41) is 5.20. The van der Waals surface area contributed by atoms with Gasteiger partial charge in [-0.3, -0.25) is 4.68 Å². The van der Waals surface area contributed by atoms with E-state index in [1.165, 1.54) is 0 Å². The SMILES string of the molecule is CCc1c(-c2cc(Cl)ccc2I)nn(C)c1N. The van der Waals surface area contributed by atoms with E-state index in [4.69, 9.17) is 17.3 Å². The minimum atomic E-state index is 0.715. The Morgan fingerprint density at radius 2 is 2.18 bits per heavy atom. The van der Waals surface area contributed by atoms with Crippen molar-refractivity contribution in [3.8, 4) is 11.3 Å². The summed E-state index contributed by atoms with van der Waals surface area (Å²) in [5.41, 5.74) is 9.05. The van der Waals surface area contributed by atoms with Gasteiger partial charge in [0.25, 0.3) is 0 Å². The fourth-order valence-electron chi connectivity index (χ4n) is 1.82. The van der Waals surface area contributed by atoms with Crippen LogP contribution < -0.4 is 5.73 Å². The lowest BCUT2D eigenvalue weighted by atomic mass is 10.1. The molecule has 1 aromatic carbocycles. The van der Waals surface area contributed by atoms with Crippen molar-refractivity contribution in [1.29, 1.82) is 0 Å². The molecule has 2 rings (SSSR count). The summed E-state index contributed by atoms with van der Waals surface area (Å²) in [7, 11) is 1.86. The van der Waals surface area contributed by atoms with Gasteiger partial charge in [-0.15, -0.1) is 0 Å². The van der Waals surface area contributed by atoms with Gasteiger partial charge in [0.05, 0.1) is 5.69 Å². The Morgan fingerprint density at radius 1 is 1.47 bits per heavy atom. The van der Waals surface area contributed by atoms with Gasteiger partial charge >= 0.3 is 0 Å². The fourth-order valence-corrected chi connectivity index (χ4v) is 2.59. The predicted octanol–water partition coefficient (Wildman–Crippen LogP) is 3.49. The van der Waals surface area contributed by atoms with Gasteiger partial charge in [0.2, 0.25) is 0 Å². The minimum Gasteiger partial charge on any atom is -0.384 e. The molecule has 0 bridgehead atoms. The van der Waals surface area contributed by atoms with Crippen LogP contribution in [0.3, 0.4) is 0 Å². The first kappa shape index (κ1) is 12.7. The van der Waals surface area contributed by atoms with Crippen molar-refractivity contribution in [3.63, 3.8) is 0 Å². The molecule has 3 nitrogen and oxygen atoms in total. The third kappa shape index (κ3) is 2.28. The van der Waals surface area contributed by atoms with Crippen molar-refractivity contribution < 1.29 is 0 Å². The van der Waals surface area contributed by atoms with Gasteiger partial charge in [0.1, 0.15) is 5.82 Å². The predicted molar refractivity (Wildman–Crippen MR) is 80.2 cm³/mol. The molecule has 0 saturated carbocycles. The number of hydrogen-bond acceptors (Lipinski definition) is 2. The number of benzene rings is 1. The summed E-state index contributed by atoms with van der Waals surface area (Å²) in [6, 6.07) is 5.80. The van der Waals surface area contributed by atoms with Gasteiger partial charge in [-0.2, -0.15) is 5.10 Å². The molecule has 0 amide bonds. The molecule has 0 fully saturated rings. The third-order valence-corrected chi connectivity index (χ3v) is 3.91. The Morgan fingerprint density at radius 3 is 2.82 bits per heavy atom. The van der Waals surface area contributed by atoms with Crippen molar-refractivity contribution in [2.45, 2.75) is 13.3 Å². The van der Waals surface area contributed by atoms with E-state index in [0.717, 1.165) is 32.6 Å². The molecule has 0 radical (unpaired) electrons. The number of hydrogen-bond donors (Lipinski definition) is 1. The number of nitrogens with two attached hydrogens (primary N) is 1. The molecule has 0 unspecified atom stereocenters. The summed E-state index contributed by atoms with van der Waals surface area (Å²) >= 11 is 8.33. The second-order valence-electron chi connectivity index (χ2n) is 3.81.